The van der Waals surface area contributed by atoms with E-state index in [0.717, 1.165) is 11.8 Å². The molecule has 0 radical (unpaired) electrons. The van der Waals surface area contributed by atoms with Crippen molar-refractivity contribution in [2.24, 2.45) is 5.92 Å². The van der Waals surface area contributed by atoms with Crippen LogP contribution in [-0.2, 0) is 9.59 Å². The zero-order valence-corrected chi connectivity index (χ0v) is 17.0. The average molecular weight is 430 g/mol. The fraction of sp³-hybridized carbons (Fsp3) is 0.318. The molecule has 2 aliphatic rings. The molecule has 1 atom stereocenters. The highest BCUT2D eigenvalue weighted by atomic mass is 35.5. The molecule has 0 N–H and O–H groups in total. The molecule has 2 aliphatic heterocycles. The van der Waals surface area contributed by atoms with Gasteiger partial charge in [0.1, 0.15) is 5.82 Å². The Hall–Kier alpha value is -2.93. The average Bonchev–Trinajstić information content (AvgIpc) is 3.15. The summed E-state index contributed by atoms with van der Waals surface area (Å²) in [4.78, 5) is 43.0. The van der Waals surface area contributed by atoms with Gasteiger partial charge in [0, 0.05) is 44.8 Å². The van der Waals surface area contributed by atoms with Crippen molar-refractivity contribution in [1.82, 2.24) is 9.80 Å². The van der Waals surface area contributed by atoms with E-state index in [1.165, 1.54) is 12.1 Å². The number of hydrogen-bond donors (Lipinski definition) is 0. The van der Waals surface area contributed by atoms with E-state index < -0.39 is 5.82 Å². The first-order valence-corrected chi connectivity index (χ1v) is 10.2. The van der Waals surface area contributed by atoms with Crippen molar-refractivity contribution in [2.75, 3.05) is 37.6 Å². The van der Waals surface area contributed by atoms with E-state index in [0.29, 0.717) is 32.7 Å². The highest BCUT2D eigenvalue weighted by Crippen LogP contribution is 2.27. The summed E-state index contributed by atoms with van der Waals surface area (Å²) in [6.07, 6.45) is 0.193. The predicted molar refractivity (Wildman–Crippen MR) is 111 cm³/mol. The second-order valence-electron chi connectivity index (χ2n) is 7.48. The molecule has 2 fully saturated rings. The molecule has 2 saturated heterocycles. The number of anilines is 1. The lowest BCUT2D eigenvalue weighted by Gasteiger charge is -2.36. The lowest BCUT2D eigenvalue weighted by molar-refractivity contribution is -0.137. The third-order valence-electron chi connectivity index (χ3n) is 5.58. The smallest absolute Gasteiger partial charge is 0.255 e. The van der Waals surface area contributed by atoms with E-state index in [-0.39, 0.29) is 40.6 Å². The molecule has 0 aliphatic carbocycles. The molecule has 156 valence electrons. The van der Waals surface area contributed by atoms with Crippen LogP contribution in [0.2, 0.25) is 5.02 Å². The lowest BCUT2D eigenvalue weighted by atomic mass is 10.1. The van der Waals surface area contributed by atoms with Gasteiger partial charge in [0.15, 0.2) is 0 Å². The van der Waals surface area contributed by atoms with Crippen LogP contribution in [0.3, 0.4) is 0 Å². The molecule has 2 aromatic rings. The molecule has 6 nitrogen and oxygen atoms in total. The second kappa shape index (κ2) is 8.44. The maximum absolute atomic E-state index is 13.2. The standard InChI is InChI=1S/C22H21ClFN3O3/c23-19-13-16(24)6-7-18(19)22(30)26-10-8-25(9-11-26)21(29)15-12-20(28)27(14-15)17-4-2-1-3-5-17/h1-7,13,15H,8-12,14H2. The molecular weight excluding hydrogens is 409 g/mol. The van der Waals surface area contributed by atoms with Crippen LogP contribution in [0.4, 0.5) is 10.1 Å². The Kier molecular flexibility index (Phi) is 5.72. The van der Waals surface area contributed by atoms with E-state index in [4.69, 9.17) is 11.6 Å². The predicted octanol–water partition coefficient (Wildman–Crippen LogP) is 2.82. The first kappa shape index (κ1) is 20.3. The minimum absolute atomic E-state index is 0.0562. The molecule has 1 unspecified atom stereocenters. The lowest BCUT2D eigenvalue weighted by Crippen LogP contribution is -2.52. The maximum Gasteiger partial charge on any atom is 0.255 e. The molecule has 2 aromatic carbocycles. The van der Waals surface area contributed by atoms with Gasteiger partial charge in [-0.3, -0.25) is 14.4 Å². The van der Waals surface area contributed by atoms with Crippen LogP contribution in [0, 0.1) is 11.7 Å². The van der Waals surface area contributed by atoms with Crippen molar-refractivity contribution in [3.63, 3.8) is 0 Å². The van der Waals surface area contributed by atoms with Gasteiger partial charge in [0.2, 0.25) is 11.8 Å². The molecule has 2 heterocycles. The topological polar surface area (TPSA) is 60.9 Å². The van der Waals surface area contributed by atoms with Gasteiger partial charge in [0.05, 0.1) is 16.5 Å². The van der Waals surface area contributed by atoms with E-state index in [1.807, 2.05) is 30.3 Å². The second-order valence-corrected chi connectivity index (χ2v) is 7.89. The Balaban J connectivity index is 1.35. The number of nitrogens with zero attached hydrogens (tertiary/aromatic N) is 3. The summed E-state index contributed by atoms with van der Waals surface area (Å²) >= 11 is 6.00. The van der Waals surface area contributed by atoms with Crippen LogP contribution >= 0.6 is 11.6 Å². The molecule has 0 bridgehead atoms. The van der Waals surface area contributed by atoms with E-state index in [1.54, 1.807) is 14.7 Å². The van der Waals surface area contributed by atoms with Crippen LogP contribution in [-0.4, -0.2) is 60.2 Å². The third kappa shape index (κ3) is 4.03. The monoisotopic (exact) mass is 429 g/mol. The number of benzene rings is 2. The Labute approximate surface area is 178 Å². The van der Waals surface area contributed by atoms with Crippen LogP contribution in [0.5, 0.6) is 0 Å². The number of rotatable bonds is 3. The Morgan fingerprint density at radius 1 is 0.967 bits per heavy atom. The molecule has 0 saturated carbocycles. The Morgan fingerprint density at radius 3 is 2.30 bits per heavy atom. The minimum Gasteiger partial charge on any atom is -0.339 e. The van der Waals surface area contributed by atoms with Gasteiger partial charge in [-0.2, -0.15) is 0 Å². The molecular formula is C22H21ClFN3O3. The van der Waals surface area contributed by atoms with Crippen LogP contribution in [0.15, 0.2) is 48.5 Å². The normalized spacial score (nSPS) is 19.3. The first-order valence-electron chi connectivity index (χ1n) is 9.82. The van der Waals surface area contributed by atoms with Crippen molar-refractivity contribution in [2.45, 2.75) is 6.42 Å². The molecule has 30 heavy (non-hydrogen) atoms. The van der Waals surface area contributed by atoms with E-state index >= 15 is 0 Å². The van der Waals surface area contributed by atoms with Crippen molar-refractivity contribution >= 4 is 35.0 Å². The van der Waals surface area contributed by atoms with Crippen LogP contribution < -0.4 is 4.90 Å². The summed E-state index contributed by atoms with van der Waals surface area (Å²) in [5.41, 5.74) is 1.04. The van der Waals surface area contributed by atoms with Gasteiger partial charge in [-0.25, -0.2) is 4.39 Å². The van der Waals surface area contributed by atoms with Gasteiger partial charge < -0.3 is 14.7 Å². The third-order valence-corrected chi connectivity index (χ3v) is 5.89. The SMILES string of the molecule is O=C(c1ccc(F)cc1Cl)N1CCN(C(=O)C2CC(=O)N(c3ccccc3)C2)CC1. The van der Waals surface area contributed by atoms with Crippen molar-refractivity contribution < 1.29 is 18.8 Å². The molecule has 0 spiro atoms. The molecule has 8 heteroatoms. The number of carbonyl (C=O) groups is 3. The van der Waals surface area contributed by atoms with Crippen LogP contribution in [0.1, 0.15) is 16.8 Å². The van der Waals surface area contributed by atoms with Crippen LogP contribution in [0.25, 0.3) is 0 Å². The van der Waals surface area contributed by atoms with Gasteiger partial charge >= 0.3 is 0 Å². The van der Waals surface area contributed by atoms with Crippen molar-refractivity contribution in [1.29, 1.82) is 0 Å². The molecule has 0 aromatic heterocycles. The highest BCUT2D eigenvalue weighted by molar-refractivity contribution is 6.33. The number of hydrogen-bond acceptors (Lipinski definition) is 3. The van der Waals surface area contributed by atoms with E-state index in [9.17, 15) is 18.8 Å². The Bertz CT molecular complexity index is 977. The summed E-state index contributed by atoms with van der Waals surface area (Å²) in [5, 5.41) is 0.0731. The largest absolute Gasteiger partial charge is 0.339 e. The highest BCUT2D eigenvalue weighted by Gasteiger charge is 2.38. The van der Waals surface area contributed by atoms with Gasteiger partial charge in [-0.05, 0) is 30.3 Å². The number of carbonyl (C=O) groups excluding carboxylic acids is 3. The molecule has 4 rings (SSSR count). The quantitative estimate of drug-likeness (QED) is 0.753. The number of amides is 3. The van der Waals surface area contributed by atoms with Crippen molar-refractivity contribution in [3.05, 3.63) is 64.9 Å². The first-order chi connectivity index (χ1) is 14.4. The van der Waals surface area contributed by atoms with Gasteiger partial charge in [-0.1, -0.05) is 29.8 Å². The van der Waals surface area contributed by atoms with Gasteiger partial charge in [0.25, 0.3) is 5.91 Å². The number of halogens is 2. The fourth-order valence-corrected chi connectivity index (χ4v) is 4.20. The minimum atomic E-state index is -0.498. The fourth-order valence-electron chi connectivity index (χ4n) is 3.95. The molecule has 3 amide bonds. The maximum atomic E-state index is 13.2. The zero-order chi connectivity index (χ0) is 21.3. The summed E-state index contributed by atoms with van der Waals surface area (Å²) in [7, 11) is 0. The summed E-state index contributed by atoms with van der Waals surface area (Å²) in [6, 6.07) is 13.0. The Morgan fingerprint density at radius 2 is 1.63 bits per heavy atom. The summed E-state index contributed by atoms with van der Waals surface area (Å²) < 4.78 is 13.2. The number of para-hydroxylation sites is 1. The van der Waals surface area contributed by atoms with Crippen molar-refractivity contribution in [3.8, 4) is 0 Å². The zero-order valence-electron chi connectivity index (χ0n) is 16.3. The number of piperazine rings is 1. The summed E-state index contributed by atoms with van der Waals surface area (Å²) in [5.74, 6) is -1.28. The van der Waals surface area contributed by atoms with E-state index in [2.05, 4.69) is 0 Å². The van der Waals surface area contributed by atoms with Gasteiger partial charge in [-0.15, -0.1) is 0 Å². The summed E-state index contributed by atoms with van der Waals surface area (Å²) in [6.45, 7) is 1.87.